The molecule has 7 heteroatoms. The van der Waals surface area contributed by atoms with Crippen LogP contribution in [-0.4, -0.2) is 17.3 Å². The largest absolute Gasteiger partial charge is 0.497 e. The summed E-state index contributed by atoms with van der Waals surface area (Å²) >= 11 is 4.94. The zero-order chi connectivity index (χ0) is 14.1. The molecule has 0 saturated heterocycles. The van der Waals surface area contributed by atoms with Gasteiger partial charge in [-0.2, -0.15) is 4.98 Å². The maximum absolute atomic E-state index is 5.94. The number of nitrogen functional groups attached to an aromatic ring is 1. The van der Waals surface area contributed by atoms with Crippen molar-refractivity contribution in [2.75, 3.05) is 12.8 Å². The summed E-state index contributed by atoms with van der Waals surface area (Å²) in [6, 6.07) is 9.18. The molecule has 3 rings (SSSR count). The molecule has 0 aliphatic rings. The van der Waals surface area contributed by atoms with Crippen molar-refractivity contribution in [2.45, 2.75) is 0 Å². The molecule has 102 valence electrons. The molecular formula is C13H10BrN3O2S. The zero-order valence-corrected chi connectivity index (χ0v) is 12.9. The Morgan fingerprint density at radius 1 is 1.30 bits per heavy atom. The van der Waals surface area contributed by atoms with E-state index in [-0.39, 0.29) is 0 Å². The molecule has 2 heterocycles. The van der Waals surface area contributed by atoms with E-state index in [0.29, 0.717) is 28.7 Å². The van der Waals surface area contributed by atoms with E-state index >= 15 is 0 Å². The van der Waals surface area contributed by atoms with Gasteiger partial charge in [-0.15, -0.1) is 11.3 Å². The van der Waals surface area contributed by atoms with Crippen LogP contribution in [0.1, 0.15) is 0 Å². The Balaban J connectivity index is 2.01. The fraction of sp³-hybridized carbons (Fsp3) is 0.0769. The number of anilines is 1. The number of halogens is 1. The molecule has 2 aromatic heterocycles. The van der Waals surface area contributed by atoms with E-state index in [1.54, 1.807) is 25.3 Å². The molecule has 0 spiro atoms. The van der Waals surface area contributed by atoms with Gasteiger partial charge in [-0.05, 0) is 46.3 Å². The number of nitrogens with two attached hydrogens (primary N) is 1. The maximum atomic E-state index is 5.94. The molecule has 5 nitrogen and oxygen atoms in total. The van der Waals surface area contributed by atoms with Crippen molar-refractivity contribution in [3.05, 3.63) is 34.1 Å². The van der Waals surface area contributed by atoms with E-state index in [4.69, 9.17) is 15.0 Å². The molecule has 0 atom stereocenters. The summed E-state index contributed by atoms with van der Waals surface area (Å²) in [6.07, 6.45) is 0. The van der Waals surface area contributed by atoms with Crippen molar-refractivity contribution in [2.24, 2.45) is 0 Å². The van der Waals surface area contributed by atoms with Gasteiger partial charge in [0.15, 0.2) is 0 Å². The van der Waals surface area contributed by atoms with Gasteiger partial charge in [0, 0.05) is 5.69 Å². The first-order valence-corrected chi connectivity index (χ1v) is 7.31. The summed E-state index contributed by atoms with van der Waals surface area (Å²) < 4.78 is 11.5. The van der Waals surface area contributed by atoms with Gasteiger partial charge in [-0.3, -0.25) is 0 Å². The Hall–Kier alpha value is -1.86. The molecule has 2 N–H and O–H groups in total. The Labute approximate surface area is 127 Å². The SMILES string of the molecule is COc1ccc(N)c(-c2nc(-c3ccc(Br)s3)no2)c1. The van der Waals surface area contributed by atoms with E-state index in [9.17, 15) is 0 Å². The van der Waals surface area contributed by atoms with Gasteiger partial charge in [0.05, 0.1) is 21.3 Å². The highest BCUT2D eigenvalue weighted by Crippen LogP contribution is 2.33. The van der Waals surface area contributed by atoms with Crippen molar-refractivity contribution >= 4 is 33.0 Å². The lowest BCUT2D eigenvalue weighted by Crippen LogP contribution is -1.92. The van der Waals surface area contributed by atoms with Crippen LogP contribution in [0, 0.1) is 0 Å². The second-order valence-electron chi connectivity index (χ2n) is 3.98. The summed E-state index contributed by atoms with van der Waals surface area (Å²) in [7, 11) is 1.59. The molecule has 0 bridgehead atoms. The summed E-state index contributed by atoms with van der Waals surface area (Å²) in [5, 5.41) is 3.98. The van der Waals surface area contributed by atoms with Crippen LogP contribution in [0.25, 0.3) is 22.2 Å². The van der Waals surface area contributed by atoms with Crippen molar-refractivity contribution in [1.82, 2.24) is 10.1 Å². The first kappa shape index (κ1) is 13.1. The van der Waals surface area contributed by atoms with Crippen LogP contribution >= 0.6 is 27.3 Å². The molecular weight excluding hydrogens is 342 g/mol. The predicted octanol–water partition coefficient (Wildman–Crippen LogP) is 3.82. The Kier molecular flexibility index (Phi) is 3.45. The monoisotopic (exact) mass is 351 g/mol. The minimum atomic E-state index is 0.376. The summed E-state index contributed by atoms with van der Waals surface area (Å²) in [5.41, 5.74) is 7.17. The first-order valence-electron chi connectivity index (χ1n) is 5.70. The number of rotatable bonds is 3. The van der Waals surface area contributed by atoms with E-state index in [1.165, 1.54) is 11.3 Å². The quantitative estimate of drug-likeness (QED) is 0.726. The fourth-order valence-corrected chi connectivity index (χ4v) is 3.03. The molecule has 1 aromatic carbocycles. The summed E-state index contributed by atoms with van der Waals surface area (Å²) in [5.74, 6) is 1.60. The molecule has 0 aliphatic heterocycles. The van der Waals surface area contributed by atoms with Crippen molar-refractivity contribution in [1.29, 1.82) is 0 Å². The fourth-order valence-electron chi connectivity index (χ4n) is 1.72. The Morgan fingerprint density at radius 3 is 2.85 bits per heavy atom. The average molecular weight is 352 g/mol. The number of benzene rings is 1. The van der Waals surface area contributed by atoms with Gasteiger partial charge in [0.2, 0.25) is 5.82 Å². The van der Waals surface area contributed by atoms with Gasteiger partial charge in [-0.1, -0.05) is 5.16 Å². The standard InChI is InChI=1S/C13H10BrN3O2S/c1-18-7-2-3-9(15)8(6-7)13-16-12(17-19-13)10-4-5-11(14)20-10/h2-6H,15H2,1H3. The molecule has 0 aliphatic carbocycles. The minimum absolute atomic E-state index is 0.376. The highest BCUT2D eigenvalue weighted by atomic mass is 79.9. The number of thiophene rings is 1. The molecule has 20 heavy (non-hydrogen) atoms. The number of methoxy groups -OCH3 is 1. The second-order valence-corrected chi connectivity index (χ2v) is 6.44. The highest BCUT2D eigenvalue weighted by molar-refractivity contribution is 9.11. The van der Waals surface area contributed by atoms with Gasteiger partial charge in [0.1, 0.15) is 5.75 Å². The van der Waals surface area contributed by atoms with E-state index < -0.39 is 0 Å². The van der Waals surface area contributed by atoms with Crippen LogP contribution in [0.3, 0.4) is 0 Å². The molecule has 3 aromatic rings. The molecule has 0 amide bonds. The van der Waals surface area contributed by atoms with E-state index in [1.807, 2.05) is 12.1 Å². The van der Waals surface area contributed by atoms with Crippen molar-refractivity contribution < 1.29 is 9.26 Å². The lowest BCUT2D eigenvalue weighted by Gasteiger charge is -2.03. The third kappa shape index (κ3) is 2.41. The molecule has 0 unspecified atom stereocenters. The third-order valence-corrected chi connectivity index (χ3v) is 4.33. The average Bonchev–Trinajstić information content (AvgIpc) is 3.08. The molecule has 0 fully saturated rings. The maximum Gasteiger partial charge on any atom is 0.260 e. The predicted molar refractivity (Wildman–Crippen MR) is 81.7 cm³/mol. The number of ether oxygens (including phenoxy) is 1. The highest BCUT2D eigenvalue weighted by Gasteiger charge is 2.15. The van der Waals surface area contributed by atoms with Crippen LogP contribution in [0.15, 0.2) is 38.6 Å². The molecule has 0 saturated carbocycles. The number of nitrogens with zero attached hydrogens (tertiary/aromatic N) is 2. The normalized spacial score (nSPS) is 10.7. The second kappa shape index (κ2) is 5.26. The number of hydrogen-bond acceptors (Lipinski definition) is 6. The summed E-state index contributed by atoms with van der Waals surface area (Å²) in [4.78, 5) is 5.30. The van der Waals surface area contributed by atoms with Gasteiger partial charge in [-0.25, -0.2) is 0 Å². The summed E-state index contributed by atoms with van der Waals surface area (Å²) in [6.45, 7) is 0. The number of aromatic nitrogens is 2. The number of hydrogen-bond donors (Lipinski definition) is 1. The van der Waals surface area contributed by atoms with Crippen LogP contribution in [0.2, 0.25) is 0 Å². The van der Waals surface area contributed by atoms with Crippen LogP contribution < -0.4 is 10.5 Å². The Morgan fingerprint density at radius 2 is 2.15 bits per heavy atom. The van der Waals surface area contributed by atoms with Gasteiger partial charge < -0.3 is 15.0 Å². The van der Waals surface area contributed by atoms with Crippen molar-refractivity contribution in [3.8, 4) is 27.9 Å². The topological polar surface area (TPSA) is 74.2 Å². The van der Waals surface area contributed by atoms with E-state index in [0.717, 1.165) is 8.66 Å². The van der Waals surface area contributed by atoms with Gasteiger partial charge in [0.25, 0.3) is 5.89 Å². The first-order chi connectivity index (χ1) is 9.67. The third-order valence-electron chi connectivity index (χ3n) is 2.71. The lowest BCUT2D eigenvalue weighted by atomic mass is 10.1. The smallest absolute Gasteiger partial charge is 0.260 e. The van der Waals surface area contributed by atoms with Gasteiger partial charge >= 0.3 is 0 Å². The lowest BCUT2D eigenvalue weighted by molar-refractivity contribution is 0.413. The minimum Gasteiger partial charge on any atom is -0.497 e. The zero-order valence-electron chi connectivity index (χ0n) is 10.5. The van der Waals surface area contributed by atoms with E-state index in [2.05, 4.69) is 26.1 Å². The van der Waals surface area contributed by atoms with Crippen LogP contribution in [0.4, 0.5) is 5.69 Å². The Bertz CT molecular complexity index is 754. The van der Waals surface area contributed by atoms with Crippen LogP contribution in [0.5, 0.6) is 5.75 Å². The van der Waals surface area contributed by atoms with Crippen molar-refractivity contribution in [3.63, 3.8) is 0 Å². The molecule has 0 radical (unpaired) electrons. The van der Waals surface area contributed by atoms with Crippen LogP contribution in [-0.2, 0) is 0 Å².